The van der Waals surface area contributed by atoms with Crippen LogP contribution in [0.4, 0.5) is 18.9 Å². The molecule has 1 aliphatic rings. The van der Waals surface area contributed by atoms with Crippen LogP contribution in [0.1, 0.15) is 54.1 Å². The quantitative estimate of drug-likeness (QED) is 0.206. The van der Waals surface area contributed by atoms with Gasteiger partial charge in [0.05, 0.1) is 17.8 Å². The van der Waals surface area contributed by atoms with Gasteiger partial charge in [0.15, 0.2) is 0 Å². The molecule has 0 unspecified atom stereocenters. The number of nitrogens with zero attached hydrogens (tertiary/aromatic N) is 2. The van der Waals surface area contributed by atoms with Crippen LogP contribution in [0, 0.1) is 11.8 Å². The average Bonchev–Trinajstić information content (AvgIpc) is 3.01. The van der Waals surface area contributed by atoms with Gasteiger partial charge in [0, 0.05) is 12.1 Å². The third-order valence-electron chi connectivity index (χ3n) is 7.65. The third kappa shape index (κ3) is 7.37. The fourth-order valence-corrected chi connectivity index (χ4v) is 5.26. The normalized spacial score (nSPS) is 16.6. The molecule has 1 N–H and O–H groups in total. The van der Waals surface area contributed by atoms with Crippen molar-refractivity contribution in [3.8, 4) is 23.1 Å². The largest absolute Gasteiger partial charge is 0.478 e. The number of amides is 1. The molecular weight excluding hydrogens is 573 g/mol. The van der Waals surface area contributed by atoms with Crippen molar-refractivity contribution in [2.24, 2.45) is 11.8 Å². The first-order valence-electron chi connectivity index (χ1n) is 14.3. The summed E-state index contributed by atoms with van der Waals surface area (Å²) in [5.74, 6) is -0.936. The van der Waals surface area contributed by atoms with Crippen molar-refractivity contribution in [2.45, 2.75) is 45.3 Å². The van der Waals surface area contributed by atoms with Gasteiger partial charge < -0.3 is 19.5 Å². The predicted molar refractivity (Wildman–Crippen MR) is 158 cm³/mol. The highest BCUT2D eigenvalue weighted by atomic mass is 19.4. The minimum Gasteiger partial charge on any atom is -0.478 e. The van der Waals surface area contributed by atoms with Crippen LogP contribution in [-0.2, 0) is 17.5 Å². The third-order valence-corrected chi connectivity index (χ3v) is 7.65. The number of pyridine rings is 1. The molecule has 0 bridgehead atoms. The Morgan fingerprint density at radius 1 is 0.864 bits per heavy atom. The number of para-hydroxylation sites is 1. The number of hydrogen-bond acceptors (Lipinski definition) is 5. The molecule has 3 aromatic carbocycles. The minimum atomic E-state index is -4.72. The smallest absolute Gasteiger partial charge is 0.421 e. The molecule has 1 aliphatic carbocycles. The van der Waals surface area contributed by atoms with Crippen molar-refractivity contribution >= 4 is 17.6 Å². The first-order valence-corrected chi connectivity index (χ1v) is 14.3. The standard InChI is InChI=1S/C34H31F3N2O5/c1-22-9-13-24(14-10-22)32(40)39(21-23-11-15-26(16-12-23)43-25-6-3-2-4-7-25)30-18-17-27(20-28(30)33(41)42)44-31-29(34(35,36)37)8-5-19-38-31/h2-8,11-12,15-20,22,24H,9-10,13-14,21H2,1H3,(H,41,42). The Morgan fingerprint density at radius 3 is 2.18 bits per heavy atom. The van der Waals surface area contributed by atoms with Crippen LogP contribution < -0.4 is 14.4 Å². The summed E-state index contributed by atoms with van der Waals surface area (Å²) in [6.07, 6.45) is -0.423. The first kappa shape index (κ1) is 30.6. The lowest BCUT2D eigenvalue weighted by Gasteiger charge is -2.32. The van der Waals surface area contributed by atoms with E-state index in [2.05, 4.69) is 11.9 Å². The molecule has 44 heavy (non-hydrogen) atoms. The molecule has 7 nitrogen and oxygen atoms in total. The van der Waals surface area contributed by atoms with Crippen LogP contribution in [0.2, 0.25) is 0 Å². The van der Waals surface area contributed by atoms with E-state index in [1.807, 2.05) is 30.3 Å². The van der Waals surface area contributed by atoms with Crippen LogP contribution >= 0.6 is 0 Å². The number of carboxylic acids is 1. The van der Waals surface area contributed by atoms with Crippen LogP contribution in [-0.4, -0.2) is 22.0 Å². The second-order valence-corrected chi connectivity index (χ2v) is 10.9. The summed E-state index contributed by atoms with van der Waals surface area (Å²) >= 11 is 0. The molecule has 1 amide bonds. The molecule has 0 radical (unpaired) electrons. The van der Waals surface area contributed by atoms with Crippen molar-refractivity contribution in [3.63, 3.8) is 0 Å². The van der Waals surface area contributed by atoms with E-state index < -0.39 is 23.6 Å². The fraction of sp³-hybridized carbons (Fsp3) is 0.265. The molecule has 4 aromatic rings. The van der Waals surface area contributed by atoms with E-state index >= 15 is 0 Å². The van der Waals surface area contributed by atoms with E-state index in [0.29, 0.717) is 30.3 Å². The molecule has 0 atom stereocenters. The summed E-state index contributed by atoms with van der Waals surface area (Å²) in [5, 5.41) is 10.2. The average molecular weight is 605 g/mol. The summed E-state index contributed by atoms with van der Waals surface area (Å²) in [6.45, 7) is 2.22. The molecule has 10 heteroatoms. The fourth-order valence-electron chi connectivity index (χ4n) is 5.26. The summed E-state index contributed by atoms with van der Waals surface area (Å²) in [7, 11) is 0. The van der Waals surface area contributed by atoms with Gasteiger partial charge in [-0.25, -0.2) is 9.78 Å². The Morgan fingerprint density at radius 2 is 1.52 bits per heavy atom. The molecular formula is C34H31F3N2O5. The highest BCUT2D eigenvalue weighted by Crippen LogP contribution is 2.38. The number of ether oxygens (including phenoxy) is 2. The molecule has 0 saturated heterocycles. The molecule has 1 aromatic heterocycles. The van der Waals surface area contributed by atoms with Crippen molar-refractivity contribution in [2.75, 3.05) is 4.90 Å². The zero-order valence-electron chi connectivity index (χ0n) is 24.0. The molecule has 228 valence electrons. The van der Waals surface area contributed by atoms with Crippen molar-refractivity contribution in [3.05, 3.63) is 108 Å². The van der Waals surface area contributed by atoms with E-state index in [4.69, 9.17) is 9.47 Å². The first-order chi connectivity index (χ1) is 21.1. The SMILES string of the molecule is CC1CCC(C(=O)N(Cc2ccc(Oc3ccccc3)cc2)c2ccc(Oc3ncccc3C(F)(F)F)cc2C(=O)O)CC1. The number of aromatic nitrogens is 1. The lowest BCUT2D eigenvalue weighted by molar-refractivity contribution is -0.138. The summed E-state index contributed by atoms with van der Waals surface area (Å²) in [6, 6.07) is 22.2. The van der Waals surface area contributed by atoms with E-state index in [0.717, 1.165) is 42.8 Å². The Balaban J connectivity index is 1.46. The Kier molecular flexibility index (Phi) is 9.18. The van der Waals surface area contributed by atoms with Crippen molar-refractivity contribution < 1.29 is 37.3 Å². The highest BCUT2D eigenvalue weighted by Gasteiger charge is 2.36. The van der Waals surface area contributed by atoms with Gasteiger partial charge in [-0.2, -0.15) is 13.2 Å². The Labute approximate surface area is 252 Å². The van der Waals surface area contributed by atoms with Gasteiger partial charge in [-0.05, 0) is 91.8 Å². The van der Waals surface area contributed by atoms with E-state index in [9.17, 15) is 27.9 Å². The minimum absolute atomic E-state index is 0.0788. The summed E-state index contributed by atoms with van der Waals surface area (Å²) in [4.78, 5) is 31.6. The predicted octanol–water partition coefficient (Wildman–Crippen LogP) is 8.74. The highest BCUT2D eigenvalue weighted by molar-refractivity contribution is 6.03. The van der Waals surface area contributed by atoms with Crippen LogP contribution in [0.3, 0.4) is 0 Å². The second-order valence-electron chi connectivity index (χ2n) is 10.9. The van der Waals surface area contributed by atoms with Crippen LogP contribution in [0.15, 0.2) is 91.1 Å². The van der Waals surface area contributed by atoms with Crippen molar-refractivity contribution in [1.82, 2.24) is 4.98 Å². The number of anilines is 1. The van der Waals surface area contributed by atoms with Gasteiger partial charge in [0.25, 0.3) is 0 Å². The number of benzene rings is 3. The number of halogens is 3. The van der Waals surface area contributed by atoms with Crippen LogP contribution in [0.25, 0.3) is 0 Å². The van der Waals surface area contributed by atoms with Gasteiger partial charge in [-0.3, -0.25) is 4.79 Å². The number of carbonyl (C=O) groups excluding carboxylic acids is 1. The maximum Gasteiger partial charge on any atom is 0.421 e. The van der Waals surface area contributed by atoms with Gasteiger partial charge in [0.1, 0.15) is 22.8 Å². The van der Waals surface area contributed by atoms with Gasteiger partial charge in [0.2, 0.25) is 11.8 Å². The lowest BCUT2D eigenvalue weighted by Crippen LogP contribution is -2.38. The number of aromatic carboxylic acids is 1. The van der Waals surface area contributed by atoms with Gasteiger partial charge >= 0.3 is 12.1 Å². The Hall–Kier alpha value is -4.86. The Bertz CT molecular complexity index is 1600. The maximum atomic E-state index is 14.0. The molecule has 1 fully saturated rings. The van der Waals surface area contributed by atoms with Gasteiger partial charge in [-0.15, -0.1) is 0 Å². The number of hydrogen-bond donors (Lipinski definition) is 1. The molecule has 5 rings (SSSR count). The van der Waals surface area contributed by atoms with Crippen LogP contribution in [0.5, 0.6) is 23.1 Å². The topological polar surface area (TPSA) is 89.0 Å². The second kappa shape index (κ2) is 13.2. The maximum absolute atomic E-state index is 14.0. The molecule has 1 heterocycles. The number of alkyl halides is 3. The summed E-state index contributed by atoms with van der Waals surface area (Å²) < 4.78 is 51.8. The van der Waals surface area contributed by atoms with Gasteiger partial charge in [-0.1, -0.05) is 37.3 Å². The zero-order chi connectivity index (χ0) is 31.3. The van der Waals surface area contributed by atoms with Crippen molar-refractivity contribution in [1.29, 1.82) is 0 Å². The molecule has 0 aliphatic heterocycles. The van der Waals surface area contributed by atoms with E-state index in [-0.39, 0.29) is 35.4 Å². The number of rotatable bonds is 9. The lowest BCUT2D eigenvalue weighted by atomic mass is 9.82. The van der Waals surface area contributed by atoms with E-state index in [1.54, 1.807) is 24.3 Å². The van der Waals surface area contributed by atoms with E-state index in [1.165, 1.54) is 17.0 Å². The summed E-state index contributed by atoms with van der Waals surface area (Å²) in [5.41, 5.74) is -0.518. The monoisotopic (exact) mass is 604 g/mol. The number of carboxylic acid groups (broad SMARTS) is 1. The number of carbonyl (C=O) groups is 2. The zero-order valence-corrected chi connectivity index (χ0v) is 24.0. The molecule has 1 saturated carbocycles. The molecule has 0 spiro atoms.